The van der Waals surface area contributed by atoms with E-state index in [0.29, 0.717) is 22.7 Å². The molecule has 0 saturated heterocycles. The Labute approximate surface area is 162 Å². The lowest BCUT2D eigenvalue weighted by atomic mass is 10.0. The van der Waals surface area contributed by atoms with E-state index in [0.717, 1.165) is 0 Å². The van der Waals surface area contributed by atoms with Crippen LogP contribution in [-0.2, 0) is 11.8 Å². The van der Waals surface area contributed by atoms with Gasteiger partial charge < -0.3 is 14.6 Å². The van der Waals surface area contributed by atoms with E-state index in [1.165, 1.54) is 6.07 Å². The third-order valence-electron chi connectivity index (χ3n) is 4.28. The highest BCUT2D eigenvalue weighted by molar-refractivity contribution is 5.81. The molecule has 2 unspecified atom stereocenters. The molecule has 6 nitrogen and oxygen atoms in total. The van der Waals surface area contributed by atoms with Gasteiger partial charge in [-0.25, -0.2) is 9.37 Å². The van der Waals surface area contributed by atoms with Crippen LogP contribution in [0.2, 0.25) is 0 Å². The maximum Gasteiger partial charge on any atom is 0.261 e. The van der Waals surface area contributed by atoms with Crippen molar-refractivity contribution in [1.29, 1.82) is 5.26 Å². The number of hydrogen-bond donors (Lipinski definition) is 1. The van der Waals surface area contributed by atoms with E-state index in [1.807, 2.05) is 6.07 Å². The molecular weight excluding hydrogens is 359 g/mol. The van der Waals surface area contributed by atoms with Crippen LogP contribution in [0.1, 0.15) is 29.9 Å². The third-order valence-corrected chi connectivity index (χ3v) is 4.28. The summed E-state index contributed by atoms with van der Waals surface area (Å²) in [6.07, 6.45) is 2.49. The minimum absolute atomic E-state index is 0.315. The monoisotopic (exact) mass is 378 g/mol. The molecule has 1 N–H and O–H groups in total. The quantitative estimate of drug-likeness (QED) is 0.715. The largest absolute Gasteiger partial charge is 0.481 e. The van der Waals surface area contributed by atoms with Crippen LogP contribution in [0, 0.1) is 17.1 Å². The van der Waals surface area contributed by atoms with Gasteiger partial charge in [0.15, 0.2) is 6.10 Å². The van der Waals surface area contributed by atoms with Crippen LogP contribution in [0.5, 0.6) is 5.75 Å². The smallest absolute Gasteiger partial charge is 0.261 e. The first-order chi connectivity index (χ1) is 13.5. The Morgan fingerprint density at radius 2 is 1.96 bits per heavy atom. The Morgan fingerprint density at radius 1 is 1.25 bits per heavy atom. The van der Waals surface area contributed by atoms with Crippen molar-refractivity contribution in [3.8, 4) is 11.8 Å². The van der Waals surface area contributed by atoms with E-state index < -0.39 is 23.9 Å². The molecule has 1 amide bonds. The molecule has 0 fully saturated rings. The average Bonchev–Trinajstić information content (AvgIpc) is 3.13. The van der Waals surface area contributed by atoms with Gasteiger partial charge >= 0.3 is 0 Å². The van der Waals surface area contributed by atoms with Gasteiger partial charge in [0, 0.05) is 25.0 Å². The molecule has 142 valence electrons. The van der Waals surface area contributed by atoms with E-state index in [4.69, 9.17) is 10.00 Å². The molecule has 28 heavy (non-hydrogen) atoms. The molecule has 0 aliphatic rings. The number of amides is 1. The number of carbonyl (C=O) groups is 1. The van der Waals surface area contributed by atoms with Crippen LogP contribution in [0.3, 0.4) is 0 Å². The summed E-state index contributed by atoms with van der Waals surface area (Å²) >= 11 is 0. The van der Waals surface area contributed by atoms with Gasteiger partial charge in [0.2, 0.25) is 0 Å². The van der Waals surface area contributed by atoms with Crippen LogP contribution >= 0.6 is 0 Å². The lowest BCUT2D eigenvalue weighted by Crippen LogP contribution is -2.40. The number of carbonyl (C=O) groups excluding carboxylic acids is 1. The first-order valence-electron chi connectivity index (χ1n) is 8.68. The van der Waals surface area contributed by atoms with Crippen LogP contribution in [0.15, 0.2) is 60.9 Å². The number of nitriles is 1. The molecule has 2 atom stereocenters. The lowest BCUT2D eigenvalue weighted by Gasteiger charge is -2.22. The molecule has 1 heterocycles. The van der Waals surface area contributed by atoms with Crippen LogP contribution in [0.25, 0.3) is 0 Å². The summed E-state index contributed by atoms with van der Waals surface area (Å²) in [5, 5.41) is 11.7. The fraction of sp³-hybridized carbons (Fsp3) is 0.190. The second-order valence-corrected chi connectivity index (χ2v) is 6.26. The summed E-state index contributed by atoms with van der Waals surface area (Å²) in [6.45, 7) is 1.60. The fourth-order valence-corrected chi connectivity index (χ4v) is 2.77. The number of aromatic nitrogens is 2. The van der Waals surface area contributed by atoms with Crippen molar-refractivity contribution in [1.82, 2.24) is 14.9 Å². The fourth-order valence-electron chi connectivity index (χ4n) is 2.77. The lowest BCUT2D eigenvalue weighted by molar-refractivity contribution is -0.127. The Morgan fingerprint density at radius 3 is 2.57 bits per heavy atom. The first-order valence-corrected chi connectivity index (χ1v) is 8.68. The van der Waals surface area contributed by atoms with Crippen molar-refractivity contribution in [3.63, 3.8) is 0 Å². The number of nitrogens with zero attached hydrogens (tertiary/aromatic N) is 3. The number of imidazole rings is 1. The Hall–Kier alpha value is -3.66. The summed E-state index contributed by atoms with van der Waals surface area (Å²) in [5.41, 5.74) is 0.814. The number of ether oxygens (including phenoxy) is 1. The molecule has 2 aromatic carbocycles. The highest BCUT2D eigenvalue weighted by atomic mass is 19.1. The molecule has 3 rings (SSSR count). The Balaban J connectivity index is 1.80. The van der Waals surface area contributed by atoms with Crippen molar-refractivity contribution in [2.45, 2.75) is 19.1 Å². The van der Waals surface area contributed by atoms with E-state index >= 15 is 0 Å². The number of nitrogens with one attached hydrogen (secondary N) is 1. The zero-order chi connectivity index (χ0) is 20.1. The second-order valence-electron chi connectivity index (χ2n) is 6.26. The second kappa shape index (κ2) is 8.35. The van der Waals surface area contributed by atoms with Crippen molar-refractivity contribution in [2.24, 2.45) is 7.05 Å². The van der Waals surface area contributed by atoms with Gasteiger partial charge in [-0.3, -0.25) is 4.79 Å². The molecule has 1 aromatic heterocycles. The number of rotatable bonds is 6. The zero-order valence-corrected chi connectivity index (χ0v) is 15.5. The summed E-state index contributed by atoms with van der Waals surface area (Å²) in [4.78, 5) is 17.0. The van der Waals surface area contributed by atoms with Gasteiger partial charge in [-0.15, -0.1) is 0 Å². The van der Waals surface area contributed by atoms with Crippen LogP contribution in [0.4, 0.5) is 4.39 Å². The van der Waals surface area contributed by atoms with E-state index in [2.05, 4.69) is 10.3 Å². The highest BCUT2D eigenvalue weighted by Crippen LogP contribution is 2.23. The molecule has 0 saturated carbocycles. The van der Waals surface area contributed by atoms with Crippen molar-refractivity contribution in [3.05, 3.63) is 83.7 Å². The topological polar surface area (TPSA) is 79.9 Å². The van der Waals surface area contributed by atoms with E-state index in [9.17, 15) is 9.18 Å². The van der Waals surface area contributed by atoms with Gasteiger partial charge in [0.25, 0.3) is 5.91 Å². The number of halogens is 1. The SMILES string of the molecule is CC(Oc1ccc(C#N)cc1)C(=O)NC(c1ccccc1F)c1nccn1C. The normalized spacial score (nSPS) is 12.6. The minimum atomic E-state index is -0.831. The molecule has 3 aromatic rings. The predicted octanol–water partition coefficient (Wildman–Crippen LogP) is 3.10. The standard InChI is InChI=1S/C21H19FN4O2/c1-14(28-16-9-7-15(13-23)8-10-16)21(27)25-19(20-24-11-12-26(20)2)17-5-3-4-6-18(17)22/h3-12,14,19H,1-2H3,(H,25,27). The van der Waals surface area contributed by atoms with Gasteiger partial charge in [0.05, 0.1) is 11.6 Å². The highest BCUT2D eigenvalue weighted by Gasteiger charge is 2.26. The summed E-state index contributed by atoms with van der Waals surface area (Å²) in [7, 11) is 1.78. The molecule has 0 radical (unpaired) electrons. The van der Waals surface area contributed by atoms with Crippen molar-refractivity contribution in [2.75, 3.05) is 0 Å². The third kappa shape index (κ3) is 4.18. The molecular formula is C21H19FN4O2. The number of hydrogen-bond acceptors (Lipinski definition) is 4. The summed E-state index contributed by atoms with van der Waals surface area (Å²) in [5.74, 6) is 0.113. The maximum atomic E-state index is 14.4. The van der Waals surface area contributed by atoms with Crippen molar-refractivity contribution < 1.29 is 13.9 Å². The first kappa shape index (κ1) is 19.1. The molecule has 0 aliphatic heterocycles. The van der Waals surface area contributed by atoms with E-state index in [1.54, 1.807) is 73.4 Å². The zero-order valence-electron chi connectivity index (χ0n) is 15.5. The molecule has 7 heteroatoms. The van der Waals surface area contributed by atoms with Crippen LogP contribution < -0.4 is 10.1 Å². The predicted molar refractivity (Wildman–Crippen MR) is 101 cm³/mol. The maximum absolute atomic E-state index is 14.4. The Kier molecular flexibility index (Phi) is 5.70. The number of aryl methyl sites for hydroxylation is 1. The molecule has 0 spiro atoms. The van der Waals surface area contributed by atoms with Gasteiger partial charge in [-0.05, 0) is 37.3 Å². The van der Waals surface area contributed by atoms with E-state index in [-0.39, 0.29) is 0 Å². The minimum Gasteiger partial charge on any atom is -0.481 e. The van der Waals surface area contributed by atoms with Crippen LogP contribution in [-0.4, -0.2) is 21.6 Å². The van der Waals surface area contributed by atoms with Crippen molar-refractivity contribution >= 4 is 5.91 Å². The average molecular weight is 378 g/mol. The Bertz CT molecular complexity index is 1010. The number of benzene rings is 2. The summed E-state index contributed by atoms with van der Waals surface area (Å²) in [6, 6.07) is 14.0. The molecule has 0 bridgehead atoms. The summed E-state index contributed by atoms with van der Waals surface area (Å²) < 4.78 is 21.8. The van der Waals surface area contributed by atoms with Gasteiger partial charge in [-0.2, -0.15) is 5.26 Å². The van der Waals surface area contributed by atoms with Gasteiger partial charge in [-0.1, -0.05) is 18.2 Å². The van der Waals surface area contributed by atoms with Gasteiger partial charge in [0.1, 0.15) is 23.4 Å². The molecule has 0 aliphatic carbocycles.